The molecule has 0 fully saturated rings. The number of carbonyl (C=O) groups excluding carboxylic acids is 2. The van der Waals surface area contributed by atoms with Crippen molar-refractivity contribution in [2.45, 2.75) is 203 Å². The van der Waals surface area contributed by atoms with Gasteiger partial charge in [0, 0.05) is 13.2 Å². The summed E-state index contributed by atoms with van der Waals surface area (Å²) in [6.45, 7) is 0.665. The number of allylic oxidation sites excluding steroid dienone is 2. The Morgan fingerprint density at radius 3 is 0.906 bits per heavy atom. The molecular weight excluding hydrogens is 807 g/mol. The first kappa shape index (κ1) is 52.8. The minimum atomic E-state index is -3.87. The molecule has 2 unspecified atom stereocenters. The third-order valence-electron chi connectivity index (χ3n) is 9.99. The Bertz CT molecular complexity index is 816. The van der Waals surface area contributed by atoms with E-state index in [0.29, 0.717) is 24.7 Å². The summed E-state index contributed by atoms with van der Waals surface area (Å²) in [5, 5.41) is 17.7. The molecule has 53 heavy (non-hydrogen) atoms. The summed E-state index contributed by atoms with van der Waals surface area (Å²) in [7, 11) is 0. The number of hydrogen-bond acceptors (Lipinski definition) is 8. The van der Waals surface area contributed by atoms with Crippen LogP contribution in [0.2, 0.25) is 9.88 Å². The second-order valence-electron chi connectivity index (χ2n) is 15.6. The van der Waals surface area contributed by atoms with E-state index in [1.54, 1.807) is 0 Å². The van der Waals surface area contributed by atoms with Crippen molar-refractivity contribution >= 4 is 56.4 Å². The predicted molar refractivity (Wildman–Crippen MR) is 235 cm³/mol. The summed E-state index contributed by atoms with van der Waals surface area (Å²) in [4.78, 5) is 29.5. The van der Waals surface area contributed by atoms with E-state index in [0.717, 1.165) is 38.5 Å². The molecule has 0 saturated heterocycles. The van der Waals surface area contributed by atoms with Gasteiger partial charge in [0.2, 0.25) is 0 Å². The molecule has 0 aliphatic rings. The quantitative estimate of drug-likeness (QED) is 0.0212. The fraction of sp³-hybridized carbons (Fsp3) is 0.864. The molecule has 312 valence electrons. The molecule has 0 radical (unpaired) electrons. The third kappa shape index (κ3) is 36.0. The molecule has 0 heterocycles. The number of hydrogen-bond donors (Lipinski definition) is 4. The molecule has 0 spiro atoms. The van der Waals surface area contributed by atoms with Gasteiger partial charge in [-0.2, -0.15) is 0 Å². The molecule has 2 atom stereocenters. The zero-order valence-electron chi connectivity index (χ0n) is 34.4. The van der Waals surface area contributed by atoms with Crippen molar-refractivity contribution in [3.8, 4) is 0 Å². The van der Waals surface area contributed by atoms with Crippen LogP contribution in [0.15, 0.2) is 24.3 Å². The molecule has 0 aliphatic heterocycles. The van der Waals surface area contributed by atoms with Gasteiger partial charge in [0.15, 0.2) is 0 Å². The van der Waals surface area contributed by atoms with Crippen LogP contribution in [-0.2, 0) is 15.7 Å². The Morgan fingerprint density at radius 1 is 0.453 bits per heavy atom. The van der Waals surface area contributed by atoms with Crippen LogP contribution in [0.3, 0.4) is 0 Å². The summed E-state index contributed by atoms with van der Waals surface area (Å²) in [5.74, 6) is -0.818. The maximum atomic E-state index is 13.0. The zero-order valence-corrected chi connectivity index (χ0v) is 39.1. The fourth-order valence-electron chi connectivity index (χ4n) is 6.60. The average Bonchev–Trinajstić information content (AvgIpc) is 3.13. The Hall–Kier alpha value is -0.161. The number of rotatable bonds is 40. The second kappa shape index (κ2) is 40.1. The standard InChI is InChI=1S/2C21H40O3S.2CH3.Sn/c2*22-18-16-14-12-10-8-6-4-2-1-3-5-7-9-11-13-15-17-20(19-25)21(23)24;;;/h2*15,17,20,22,25H,1-14,16,18-19H2,(H,23,24);2*1H3;/q;;;;+2/p-2. The summed E-state index contributed by atoms with van der Waals surface area (Å²) in [5.41, 5.74) is 0. The topological polar surface area (TPSA) is 93.1 Å². The van der Waals surface area contributed by atoms with Gasteiger partial charge in [0.25, 0.3) is 0 Å². The Labute approximate surface area is 343 Å². The molecule has 0 aromatic heterocycles. The molecule has 0 saturated carbocycles. The summed E-state index contributed by atoms with van der Waals surface area (Å²) >= 11 is 4.93. The Balaban J connectivity index is 4.04. The van der Waals surface area contributed by atoms with Gasteiger partial charge < -0.3 is 10.2 Å². The second-order valence-corrected chi connectivity index (χ2v) is 25.5. The van der Waals surface area contributed by atoms with Gasteiger partial charge in [-0.25, -0.2) is 0 Å². The van der Waals surface area contributed by atoms with E-state index in [9.17, 15) is 9.59 Å². The van der Waals surface area contributed by atoms with E-state index < -0.39 is 31.0 Å². The minimum absolute atomic E-state index is 0.333. The Morgan fingerprint density at radius 2 is 0.679 bits per heavy atom. The van der Waals surface area contributed by atoms with Crippen LogP contribution in [0.4, 0.5) is 0 Å². The Kier molecular flexibility index (Phi) is 39.9. The van der Waals surface area contributed by atoms with Crippen molar-refractivity contribution in [2.75, 3.05) is 24.7 Å². The average molecular weight is 892 g/mol. The monoisotopic (exact) mass is 892 g/mol. The zero-order chi connectivity index (χ0) is 39.1. The van der Waals surface area contributed by atoms with Crippen molar-refractivity contribution in [3.05, 3.63) is 24.3 Å². The number of carbonyl (C=O) groups is 2. The first-order valence-corrected chi connectivity index (χ1v) is 31.3. The van der Waals surface area contributed by atoms with Crippen molar-refractivity contribution in [1.29, 1.82) is 0 Å². The van der Waals surface area contributed by atoms with Gasteiger partial charge in [-0.1, -0.05) is 89.9 Å². The van der Waals surface area contributed by atoms with Crippen molar-refractivity contribution < 1.29 is 26.0 Å². The van der Waals surface area contributed by atoms with Crippen LogP contribution >= 0.6 is 25.3 Å². The van der Waals surface area contributed by atoms with Crippen LogP contribution in [0.1, 0.15) is 193 Å². The van der Waals surface area contributed by atoms with Gasteiger partial charge in [-0.3, -0.25) is 0 Å². The molecule has 0 amide bonds. The molecule has 6 nitrogen and oxygen atoms in total. The molecule has 9 heteroatoms. The molecule has 0 aromatic carbocycles. The van der Waals surface area contributed by atoms with Gasteiger partial charge in [-0.05, 0) is 12.8 Å². The first-order valence-electron chi connectivity index (χ1n) is 22.0. The number of unbranched alkanes of at least 4 members (excludes halogenated alkanes) is 28. The summed E-state index contributed by atoms with van der Waals surface area (Å²) < 4.78 is 11.7. The van der Waals surface area contributed by atoms with E-state index in [-0.39, 0.29) is 11.9 Å². The number of aliphatic hydroxyl groups excluding tert-OH is 2. The molecule has 0 aliphatic carbocycles. The molecule has 0 aromatic rings. The fourth-order valence-corrected chi connectivity index (χ4v) is 10.9. The molecule has 0 rings (SSSR count). The normalized spacial score (nSPS) is 13.2. The maximum absolute atomic E-state index is 13.0. The summed E-state index contributed by atoms with van der Waals surface area (Å²) in [6, 6.07) is 0. The molecular formula is C44H84O6S2Sn. The first-order chi connectivity index (χ1) is 25.8. The van der Waals surface area contributed by atoms with Gasteiger partial charge in [-0.15, -0.1) is 0 Å². The van der Waals surface area contributed by atoms with Crippen LogP contribution in [-0.4, -0.2) is 66.1 Å². The van der Waals surface area contributed by atoms with Gasteiger partial charge in [0.05, 0.1) is 0 Å². The van der Waals surface area contributed by atoms with Crippen molar-refractivity contribution in [3.63, 3.8) is 0 Å². The van der Waals surface area contributed by atoms with E-state index >= 15 is 0 Å². The van der Waals surface area contributed by atoms with Gasteiger partial charge >= 0.3 is 220 Å². The van der Waals surface area contributed by atoms with Crippen LogP contribution < -0.4 is 0 Å². The van der Waals surface area contributed by atoms with E-state index in [1.807, 2.05) is 22.0 Å². The van der Waals surface area contributed by atoms with Gasteiger partial charge in [0.1, 0.15) is 0 Å². The summed E-state index contributed by atoms with van der Waals surface area (Å²) in [6.07, 6.45) is 45.2. The van der Waals surface area contributed by atoms with Crippen molar-refractivity contribution in [1.82, 2.24) is 0 Å². The number of aliphatic hydroxyl groups is 2. The molecule has 0 bridgehead atoms. The number of thiol groups is 2. The third-order valence-corrected chi connectivity index (χ3v) is 14.7. The van der Waals surface area contributed by atoms with Crippen LogP contribution in [0, 0.1) is 11.8 Å². The predicted octanol–water partition coefficient (Wildman–Crippen LogP) is 12.7. The SMILES string of the molecule is [CH3][Sn]([CH3])([O]C(=O)C(C=CCCCCCCCCCCCCCCCCO)CS)[O]C(=O)C(C=CCCCCCCCCCCCCCCCCO)CS. The van der Waals surface area contributed by atoms with E-state index in [4.69, 9.17) is 16.4 Å². The van der Waals surface area contributed by atoms with Crippen LogP contribution in [0.25, 0.3) is 0 Å². The van der Waals surface area contributed by atoms with E-state index in [1.165, 1.54) is 154 Å². The molecule has 2 N–H and O–H groups in total. The van der Waals surface area contributed by atoms with E-state index in [2.05, 4.69) is 37.4 Å². The van der Waals surface area contributed by atoms with Crippen molar-refractivity contribution in [2.24, 2.45) is 11.8 Å². The van der Waals surface area contributed by atoms with Crippen LogP contribution in [0.5, 0.6) is 0 Å².